The molecular weight excluding hydrogens is 364 g/mol. The maximum absolute atomic E-state index is 11.2. The molecule has 0 radical (unpaired) electrons. The summed E-state index contributed by atoms with van der Waals surface area (Å²) in [5.74, 6) is 1.81. The maximum Gasteiger partial charge on any atom is 0.211 e. The van der Waals surface area contributed by atoms with Crippen LogP contribution in [0.1, 0.15) is 48.8 Å². The Hall–Kier alpha value is -2.26. The number of carbonyl (C=O) groups is 1. The minimum atomic E-state index is 0.0575. The molecule has 0 spiro atoms. The number of carbonyl (C=O) groups excluding carboxylic acids is 1. The number of thioether (sulfide) groups is 1. The highest BCUT2D eigenvalue weighted by Crippen LogP contribution is 2.35. The lowest BCUT2D eigenvalue weighted by molar-refractivity contribution is -0.107. The van der Waals surface area contributed by atoms with E-state index < -0.39 is 0 Å². The number of ether oxygens (including phenoxy) is 1. The number of aryl methyl sites for hydroxylation is 1. The summed E-state index contributed by atoms with van der Waals surface area (Å²) < 4.78 is 6.16. The molecule has 0 fully saturated rings. The third-order valence-electron chi connectivity index (χ3n) is 4.94. The topological polar surface area (TPSA) is 26.3 Å². The van der Waals surface area contributed by atoms with Crippen LogP contribution in [0.3, 0.4) is 0 Å². The van der Waals surface area contributed by atoms with Gasteiger partial charge in [0.15, 0.2) is 0 Å². The highest BCUT2D eigenvalue weighted by molar-refractivity contribution is 8.14. The number of hydrogen-bond donors (Lipinski definition) is 0. The van der Waals surface area contributed by atoms with E-state index in [0.717, 1.165) is 43.6 Å². The Kier molecular flexibility index (Phi) is 7.98. The van der Waals surface area contributed by atoms with Crippen LogP contribution >= 0.6 is 11.8 Å². The molecule has 0 aliphatic heterocycles. The predicted octanol–water partition coefficient (Wildman–Crippen LogP) is 6.45. The summed E-state index contributed by atoms with van der Waals surface area (Å²) in [7, 11) is 0. The van der Waals surface area contributed by atoms with Gasteiger partial charge in [0.25, 0.3) is 0 Å². The highest BCUT2D eigenvalue weighted by Gasteiger charge is 2.15. The number of fused-ring (bicyclic) bond motifs is 1. The van der Waals surface area contributed by atoms with Gasteiger partial charge in [-0.15, -0.1) is 0 Å². The Morgan fingerprint density at radius 3 is 2.68 bits per heavy atom. The van der Waals surface area contributed by atoms with Gasteiger partial charge < -0.3 is 4.74 Å². The van der Waals surface area contributed by atoms with Crippen LogP contribution in [-0.4, -0.2) is 17.5 Å². The average Bonchev–Trinajstić information content (AvgIpc) is 2.95. The minimum Gasteiger partial charge on any atom is -0.493 e. The second kappa shape index (κ2) is 10.9. The molecule has 0 saturated heterocycles. The summed E-state index contributed by atoms with van der Waals surface area (Å²) in [4.78, 5) is 11.2. The van der Waals surface area contributed by atoms with Crippen LogP contribution < -0.4 is 4.74 Å². The molecule has 1 aliphatic rings. The normalized spacial score (nSPS) is 13.2. The van der Waals surface area contributed by atoms with E-state index in [1.165, 1.54) is 46.5 Å². The molecule has 1 aliphatic carbocycles. The molecule has 2 aromatic carbocycles. The first kappa shape index (κ1) is 20.5. The number of benzene rings is 2. The lowest BCUT2D eigenvalue weighted by Crippen LogP contribution is -2.01. The Morgan fingerprint density at radius 2 is 1.82 bits per heavy atom. The molecule has 3 rings (SSSR count). The van der Waals surface area contributed by atoms with E-state index in [1.807, 2.05) is 6.07 Å². The molecule has 2 aromatic rings. The van der Waals surface area contributed by atoms with E-state index in [9.17, 15) is 4.79 Å². The van der Waals surface area contributed by atoms with Crippen LogP contribution in [0.2, 0.25) is 0 Å². The van der Waals surface area contributed by atoms with Gasteiger partial charge in [-0.3, -0.25) is 4.79 Å². The molecular formula is C25H28O2S. The number of unbranched alkanes of at least 4 members (excludes halogenated alkanes) is 2. The largest absolute Gasteiger partial charge is 0.493 e. The van der Waals surface area contributed by atoms with E-state index in [-0.39, 0.29) is 5.12 Å². The van der Waals surface area contributed by atoms with E-state index in [4.69, 9.17) is 4.74 Å². The minimum absolute atomic E-state index is 0.0575. The summed E-state index contributed by atoms with van der Waals surface area (Å²) in [6, 6.07) is 17.1. The summed E-state index contributed by atoms with van der Waals surface area (Å²) in [5, 5.41) is 0.0575. The lowest BCUT2D eigenvalue weighted by atomic mass is 9.93. The molecule has 3 heteroatoms. The summed E-state index contributed by atoms with van der Waals surface area (Å²) in [5.41, 5.74) is 5.24. The van der Waals surface area contributed by atoms with E-state index in [1.54, 1.807) is 0 Å². The average molecular weight is 393 g/mol. The van der Waals surface area contributed by atoms with Crippen molar-refractivity contribution in [2.24, 2.45) is 0 Å². The first-order valence-corrected chi connectivity index (χ1v) is 11.1. The molecule has 28 heavy (non-hydrogen) atoms. The van der Waals surface area contributed by atoms with Gasteiger partial charge in [-0.1, -0.05) is 66.9 Å². The van der Waals surface area contributed by atoms with E-state index in [2.05, 4.69) is 55.1 Å². The fourth-order valence-corrected chi connectivity index (χ4v) is 4.18. The maximum atomic E-state index is 11.2. The quantitative estimate of drug-likeness (QED) is 0.362. The van der Waals surface area contributed by atoms with Gasteiger partial charge >= 0.3 is 0 Å². The zero-order valence-corrected chi connectivity index (χ0v) is 17.2. The summed E-state index contributed by atoms with van der Waals surface area (Å²) >= 11 is 1.34. The summed E-state index contributed by atoms with van der Waals surface area (Å²) in [6.07, 6.45) is 10.2. The molecule has 0 unspecified atom stereocenters. The number of allylic oxidation sites excluding steroid dienone is 1. The van der Waals surface area contributed by atoms with Crippen molar-refractivity contribution in [1.82, 2.24) is 0 Å². The first-order chi connectivity index (χ1) is 13.8. The van der Waals surface area contributed by atoms with Gasteiger partial charge in [0.05, 0.1) is 6.61 Å². The molecule has 2 nitrogen and oxygen atoms in total. The Morgan fingerprint density at radius 1 is 1.04 bits per heavy atom. The van der Waals surface area contributed by atoms with Gasteiger partial charge in [0.1, 0.15) is 5.75 Å². The van der Waals surface area contributed by atoms with Crippen LogP contribution in [0.5, 0.6) is 5.75 Å². The zero-order chi connectivity index (χ0) is 19.6. The van der Waals surface area contributed by atoms with Crippen molar-refractivity contribution < 1.29 is 9.53 Å². The fourth-order valence-electron chi connectivity index (χ4n) is 3.51. The fraction of sp³-hybridized carbons (Fsp3) is 0.320. The Labute approximate surface area is 172 Å². The molecule has 0 aromatic heterocycles. The molecule has 0 N–H and O–H groups in total. The monoisotopic (exact) mass is 392 g/mol. The SMILES string of the molecule is C=CC(=O)SCCCCCOc1ccccc1C1=CCCCc2ccccc21. The van der Waals surface area contributed by atoms with Gasteiger partial charge in [-0.2, -0.15) is 0 Å². The van der Waals surface area contributed by atoms with Crippen molar-refractivity contribution in [3.63, 3.8) is 0 Å². The first-order valence-electron chi connectivity index (χ1n) is 10.1. The number of hydrogen-bond acceptors (Lipinski definition) is 3. The molecule has 0 saturated carbocycles. The molecule has 0 heterocycles. The molecule has 0 atom stereocenters. The summed E-state index contributed by atoms with van der Waals surface area (Å²) in [6.45, 7) is 4.19. The molecule has 146 valence electrons. The Bertz CT molecular complexity index is 838. The van der Waals surface area contributed by atoms with E-state index >= 15 is 0 Å². The van der Waals surface area contributed by atoms with Crippen molar-refractivity contribution >= 4 is 22.5 Å². The van der Waals surface area contributed by atoms with Crippen LogP contribution in [-0.2, 0) is 11.2 Å². The van der Waals surface area contributed by atoms with Crippen LogP contribution in [0, 0.1) is 0 Å². The zero-order valence-electron chi connectivity index (χ0n) is 16.4. The number of para-hydroxylation sites is 1. The standard InChI is InChI=1S/C25H28O2S/c1-2-25(26)28-19-11-3-10-18-27-24-17-9-8-16-23(24)22-15-7-5-13-20-12-4-6-14-21(20)22/h2,4,6,8-9,12,14-17H,1,3,5,7,10-11,13,18-19H2. The van der Waals surface area contributed by atoms with Gasteiger partial charge in [-0.25, -0.2) is 0 Å². The van der Waals surface area contributed by atoms with Crippen LogP contribution in [0.25, 0.3) is 5.57 Å². The van der Waals surface area contributed by atoms with Gasteiger partial charge in [0, 0.05) is 11.3 Å². The smallest absolute Gasteiger partial charge is 0.211 e. The predicted molar refractivity (Wildman–Crippen MR) is 120 cm³/mol. The van der Waals surface area contributed by atoms with Crippen molar-refractivity contribution in [3.8, 4) is 5.75 Å². The van der Waals surface area contributed by atoms with Crippen LogP contribution in [0.15, 0.2) is 67.3 Å². The third-order valence-corrected chi connectivity index (χ3v) is 5.88. The van der Waals surface area contributed by atoms with Gasteiger partial charge in [-0.05, 0) is 67.4 Å². The number of rotatable bonds is 9. The second-order valence-corrected chi connectivity index (χ2v) is 8.04. The van der Waals surface area contributed by atoms with Crippen molar-refractivity contribution in [2.75, 3.05) is 12.4 Å². The third kappa shape index (κ3) is 5.62. The molecule has 0 bridgehead atoms. The van der Waals surface area contributed by atoms with E-state index in [0.29, 0.717) is 6.61 Å². The molecule has 0 amide bonds. The van der Waals surface area contributed by atoms with Crippen LogP contribution in [0.4, 0.5) is 0 Å². The van der Waals surface area contributed by atoms with Crippen molar-refractivity contribution in [1.29, 1.82) is 0 Å². The highest BCUT2D eigenvalue weighted by atomic mass is 32.2. The second-order valence-electron chi connectivity index (χ2n) is 6.94. The lowest BCUT2D eigenvalue weighted by Gasteiger charge is -2.16. The van der Waals surface area contributed by atoms with Crippen molar-refractivity contribution in [2.45, 2.75) is 38.5 Å². The van der Waals surface area contributed by atoms with Crippen molar-refractivity contribution in [3.05, 3.63) is 84.0 Å². The Balaban J connectivity index is 1.60. The van der Waals surface area contributed by atoms with Gasteiger partial charge in [0.2, 0.25) is 5.12 Å².